The molecule has 1 N–H and O–H groups in total. The monoisotopic (exact) mass is 245 g/mol. The van der Waals surface area contributed by atoms with Gasteiger partial charge in [0.05, 0.1) is 12.5 Å². The molecular weight excluding hydrogens is 222 g/mol. The summed E-state index contributed by atoms with van der Waals surface area (Å²) in [5.41, 5.74) is 0. The van der Waals surface area contributed by atoms with Crippen LogP contribution in [-0.2, 0) is 14.3 Å². The third-order valence-electron chi connectivity index (χ3n) is 2.29. The smallest absolute Gasteiger partial charge is 0.308 e. The van der Waals surface area contributed by atoms with Crippen molar-refractivity contribution in [2.75, 3.05) is 26.8 Å². The van der Waals surface area contributed by atoms with Crippen LogP contribution in [0.3, 0.4) is 0 Å². The molecule has 0 aliphatic carbocycles. The van der Waals surface area contributed by atoms with Crippen molar-refractivity contribution >= 4 is 11.9 Å². The van der Waals surface area contributed by atoms with E-state index >= 15 is 0 Å². The Labute approximate surface area is 103 Å². The maximum atomic E-state index is 11.2. The SMILES string of the molecule is C=C.CCC(CN(CCOC)C(C)=O)C(=O)O. The topological polar surface area (TPSA) is 66.8 Å². The predicted molar refractivity (Wildman–Crippen MR) is 66.8 cm³/mol. The van der Waals surface area contributed by atoms with Crippen LogP contribution in [0.2, 0.25) is 0 Å². The zero-order valence-electron chi connectivity index (χ0n) is 10.9. The summed E-state index contributed by atoms with van der Waals surface area (Å²) in [4.78, 5) is 23.5. The summed E-state index contributed by atoms with van der Waals surface area (Å²) in [7, 11) is 1.55. The Bertz CT molecular complexity index is 231. The molecule has 0 aromatic carbocycles. The van der Waals surface area contributed by atoms with E-state index in [-0.39, 0.29) is 12.5 Å². The van der Waals surface area contributed by atoms with Gasteiger partial charge in [-0.15, -0.1) is 13.2 Å². The van der Waals surface area contributed by atoms with E-state index in [9.17, 15) is 9.59 Å². The highest BCUT2D eigenvalue weighted by atomic mass is 16.5. The van der Waals surface area contributed by atoms with Crippen molar-refractivity contribution in [3.05, 3.63) is 13.2 Å². The van der Waals surface area contributed by atoms with Gasteiger partial charge in [0, 0.05) is 27.1 Å². The molecule has 5 heteroatoms. The summed E-state index contributed by atoms with van der Waals surface area (Å²) in [6, 6.07) is 0. The van der Waals surface area contributed by atoms with Crippen LogP contribution >= 0.6 is 0 Å². The lowest BCUT2D eigenvalue weighted by atomic mass is 10.1. The zero-order chi connectivity index (χ0) is 13.8. The number of hydrogen-bond donors (Lipinski definition) is 1. The number of nitrogens with zero attached hydrogens (tertiary/aromatic N) is 1. The van der Waals surface area contributed by atoms with Crippen LogP contribution < -0.4 is 0 Å². The molecule has 0 spiro atoms. The second-order valence-corrected chi connectivity index (χ2v) is 3.40. The van der Waals surface area contributed by atoms with Crippen molar-refractivity contribution < 1.29 is 19.4 Å². The largest absolute Gasteiger partial charge is 0.481 e. The van der Waals surface area contributed by atoms with Crippen LogP contribution in [0.25, 0.3) is 0 Å². The van der Waals surface area contributed by atoms with Crippen LogP contribution in [-0.4, -0.2) is 48.7 Å². The van der Waals surface area contributed by atoms with Crippen LogP contribution in [0.1, 0.15) is 20.3 Å². The second kappa shape index (κ2) is 11.1. The van der Waals surface area contributed by atoms with Crippen molar-refractivity contribution in [3.8, 4) is 0 Å². The number of aliphatic carboxylic acids is 1. The lowest BCUT2D eigenvalue weighted by Crippen LogP contribution is -2.38. The molecule has 0 radical (unpaired) electrons. The lowest BCUT2D eigenvalue weighted by molar-refractivity contribution is -0.143. The van der Waals surface area contributed by atoms with E-state index < -0.39 is 11.9 Å². The number of ether oxygens (including phenoxy) is 1. The molecule has 0 heterocycles. The summed E-state index contributed by atoms with van der Waals surface area (Å²) in [6.45, 7) is 10.4. The van der Waals surface area contributed by atoms with E-state index in [1.165, 1.54) is 11.8 Å². The first-order valence-corrected chi connectivity index (χ1v) is 5.50. The molecule has 0 saturated heterocycles. The maximum absolute atomic E-state index is 11.2. The Balaban J connectivity index is 0. The lowest BCUT2D eigenvalue weighted by Gasteiger charge is -2.23. The number of carbonyl (C=O) groups is 2. The number of amides is 1. The first-order valence-electron chi connectivity index (χ1n) is 5.50. The fourth-order valence-corrected chi connectivity index (χ4v) is 1.23. The minimum absolute atomic E-state index is 0.119. The van der Waals surface area contributed by atoms with Gasteiger partial charge >= 0.3 is 5.97 Å². The normalized spacial score (nSPS) is 11.0. The third-order valence-corrected chi connectivity index (χ3v) is 2.29. The standard InChI is InChI=1S/C10H19NO4.C2H4/c1-4-9(10(13)14)7-11(8(2)12)5-6-15-3;1-2/h9H,4-7H2,1-3H3,(H,13,14);1-2H2. The molecule has 0 fully saturated rings. The highest BCUT2D eigenvalue weighted by molar-refractivity contribution is 5.75. The van der Waals surface area contributed by atoms with Gasteiger partial charge in [-0.3, -0.25) is 9.59 Å². The Hall–Kier alpha value is -1.36. The molecule has 17 heavy (non-hydrogen) atoms. The number of carbonyl (C=O) groups excluding carboxylic acids is 1. The van der Waals surface area contributed by atoms with E-state index in [2.05, 4.69) is 13.2 Å². The summed E-state index contributed by atoms with van der Waals surface area (Å²) < 4.78 is 4.86. The van der Waals surface area contributed by atoms with Gasteiger partial charge in [0.2, 0.25) is 5.91 Å². The maximum Gasteiger partial charge on any atom is 0.308 e. The summed E-state index contributed by atoms with van der Waals surface area (Å²) in [6.07, 6.45) is 0.520. The van der Waals surface area contributed by atoms with Crippen molar-refractivity contribution in [2.24, 2.45) is 5.92 Å². The highest BCUT2D eigenvalue weighted by Gasteiger charge is 2.20. The molecule has 1 unspecified atom stereocenters. The number of hydrogen-bond acceptors (Lipinski definition) is 3. The first kappa shape index (κ1) is 18.0. The molecule has 100 valence electrons. The molecular formula is C12H23NO4. The third kappa shape index (κ3) is 8.45. The molecule has 0 bridgehead atoms. The van der Waals surface area contributed by atoms with Gasteiger partial charge in [-0.05, 0) is 6.42 Å². The van der Waals surface area contributed by atoms with E-state index in [4.69, 9.17) is 9.84 Å². The highest BCUT2D eigenvalue weighted by Crippen LogP contribution is 2.06. The first-order chi connectivity index (χ1) is 8.02. The fraction of sp³-hybridized carbons (Fsp3) is 0.667. The number of carboxylic acid groups (broad SMARTS) is 1. The van der Waals surface area contributed by atoms with Crippen molar-refractivity contribution in [1.29, 1.82) is 0 Å². The molecule has 0 aromatic rings. The van der Waals surface area contributed by atoms with Gasteiger partial charge in [-0.25, -0.2) is 0 Å². The van der Waals surface area contributed by atoms with Crippen LogP contribution in [0.4, 0.5) is 0 Å². The fourth-order valence-electron chi connectivity index (χ4n) is 1.23. The Morgan fingerprint density at radius 1 is 1.41 bits per heavy atom. The quantitative estimate of drug-likeness (QED) is 0.688. The zero-order valence-corrected chi connectivity index (χ0v) is 10.9. The minimum Gasteiger partial charge on any atom is -0.481 e. The predicted octanol–water partition coefficient (Wildman–Crippen LogP) is 1.39. The Kier molecular flexibility index (Phi) is 11.8. The van der Waals surface area contributed by atoms with Gasteiger partial charge < -0.3 is 14.7 Å². The molecule has 0 aromatic heterocycles. The summed E-state index contributed by atoms with van der Waals surface area (Å²) in [5.74, 6) is -1.47. The van der Waals surface area contributed by atoms with E-state index in [1.807, 2.05) is 0 Å². The van der Waals surface area contributed by atoms with E-state index in [0.29, 0.717) is 19.6 Å². The second-order valence-electron chi connectivity index (χ2n) is 3.40. The van der Waals surface area contributed by atoms with Gasteiger partial charge in [-0.1, -0.05) is 6.92 Å². The average molecular weight is 245 g/mol. The van der Waals surface area contributed by atoms with Gasteiger partial charge in [-0.2, -0.15) is 0 Å². The van der Waals surface area contributed by atoms with Gasteiger partial charge in [0.15, 0.2) is 0 Å². The molecule has 0 aliphatic heterocycles. The summed E-state index contributed by atoms with van der Waals surface area (Å²) >= 11 is 0. The van der Waals surface area contributed by atoms with Crippen LogP contribution in [0.5, 0.6) is 0 Å². The van der Waals surface area contributed by atoms with Crippen LogP contribution in [0, 0.1) is 5.92 Å². The van der Waals surface area contributed by atoms with Crippen molar-refractivity contribution in [3.63, 3.8) is 0 Å². The number of rotatable bonds is 7. The molecule has 0 rings (SSSR count). The average Bonchev–Trinajstić information content (AvgIpc) is 2.31. The molecule has 0 saturated carbocycles. The molecule has 1 atom stereocenters. The minimum atomic E-state index is -0.860. The van der Waals surface area contributed by atoms with Gasteiger partial charge in [0.1, 0.15) is 0 Å². The Morgan fingerprint density at radius 3 is 2.24 bits per heavy atom. The molecule has 1 amide bonds. The van der Waals surface area contributed by atoms with E-state index in [1.54, 1.807) is 14.0 Å². The van der Waals surface area contributed by atoms with Crippen LogP contribution in [0.15, 0.2) is 13.2 Å². The van der Waals surface area contributed by atoms with E-state index in [0.717, 1.165) is 0 Å². The molecule has 0 aliphatic rings. The molecule has 5 nitrogen and oxygen atoms in total. The number of methoxy groups -OCH3 is 1. The Morgan fingerprint density at radius 2 is 1.94 bits per heavy atom. The van der Waals surface area contributed by atoms with Crippen molar-refractivity contribution in [1.82, 2.24) is 4.90 Å². The number of carboxylic acids is 1. The van der Waals surface area contributed by atoms with Gasteiger partial charge in [0.25, 0.3) is 0 Å². The van der Waals surface area contributed by atoms with Crippen molar-refractivity contribution in [2.45, 2.75) is 20.3 Å². The summed E-state index contributed by atoms with van der Waals surface area (Å²) in [5, 5.41) is 8.86.